The van der Waals surface area contributed by atoms with Gasteiger partial charge in [0, 0.05) is 16.6 Å². The average Bonchev–Trinajstić information content (AvgIpc) is 2.41. The predicted molar refractivity (Wildman–Crippen MR) is 74.4 cm³/mol. The molecule has 19 heavy (non-hydrogen) atoms. The summed E-state index contributed by atoms with van der Waals surface area (Å²) in [6.07, 6.45) is 0. The highest BCUT2D eigenvalue weighted by atomic mass is 79.9. The minimum atomic E-state index is -0.437. The largest absolute Gasteiger partial charge is 0.494 e. The van der Waals surface area contributed by atoms with E-state index in [0.29, 0.717) is 11.3 Å². The first-order chi connectivity index (χ1) is 9.11. The molecule has 5 heteroatoms. The second-order valence-corrected chi connectivity index (χ2v) is 4.83. The molecule has 0 aliphatic heterocycles. The van der Waals surface area contributed by atoms with Crippen LogP contribution in [-0.2, 0) is 6.54 Å². The van der Waals surface area contributed by atoms with Crippen molar-refractivity contribution in [3.8, 4) is 5.75 Å². The zero-order valence-electron chi connectivity index (χ0n) is 10.2. The van der Waals surface area contributed by atoms with Gasteiger partial charge in [0.2, 0.25) is 0 Å². The lowest BCUT2D eigenvalue weighted by molar-refractivity contribution is 0.384. The van der Waals surface area contributed by atoms with Crippen LogP contribution < -0.4 is 10.1 Å². The minimum Gasteiger partial charge on any atom is -0.494 e. The quantitative estimate of drug-likeness (QED) is 0.901. The van der Waals surface area contributed by atoms with Crippen LogP contribution in [0.3, 0.4) is 0 Å². The molecule has 0 saturated carbocycles. The summed E-state index contributed by atoms with van der Waals surface area (Å²) in [5.41, 5.74) is 0.732. The highest BCUT2D eigenvalue weighted by Gasteiger charge is 2.09. The molecule has 100 valence electrons. The van der Waals surface area contributed by atoms with Gasteiger partial charge in [-0.15, -0.1) is 0 Å². The Hall–Kier alpha value is -1.62. The van der Waals surface area contributed by atoms with Gasteiger partial charge in [-0.3, -0.25) is 0 Å². The van der Waals surface area contributed by atoms with E-state index in [0.717, 1.165) is 4.47 Å². The SMILES string of the molecule is COc1cccc(CNc2cc(Br)ccc2F)c1F. The number of ether oxygens (including phenoxy) is 1. The van der Waals surface area contributed by atoms with Crippen LogP contribution in [0.4, 0.5) is 14.5 Å². The van der Waals surface area contributed by atoms with Crippen molar-refractivity contribution in [2.75, 3.05) is 12.4 Å². The molecule has 0 aromatic heterocycles. The summed E-state index contributed by atoms with van der Waals surface area (Å²) >= 11 is 3.26. The van der Waals surface area contributed by atoms with Gasteiger partial charge < -0.3 is 10.1 Å². The van der Waals surface area contributed by atoms with Gasteiger partial charge in [-0.05, 0) is 24.3 Å². The number of rotatable bonds is 4. The van der Waals surface area contributed by atoms with Gasteiger partial charge in [-0.2, -0.15) is 0 Å². The number of hydrogen-bond donors (Lipinski definition) is 1. The van der Waals surface area contributed by atoms with Crippen LogP contribution in [0.5, 0.6) is 5.75 Å². The molecule has 1 N–H and O–H groups in total. The molecule has 0 radical (unpaired) electrons. The van der Waals surface area contributed by atoms with E-state index >= 15 is 0 Å². The molecule has 0 heterocycles. The molecule has 2 nitrogen and oxygen atoms in total. The van der Waals surface area contributed by atoms with Gasteiger partial charge in [0.05, 0.1) is 12.8 Å². The molecule has 0 aliphatic carbocycles. The van der Waals surface area contributed by atoms with E-state index in [4.69, 9.17) is 4.74 Å². The first kappa shape index (κ1) is 13.8. The van der Waals surface area contributed by atoms with Crippen LogP contribution in [0.15, 0.2) is 40.9 Å². The van der Waals surface area contributed by atoms with E-state index in [9.17, 15) is 8.78 Å². The molecule has 0 atom stereocenters. The number of methoxy groups -OCH3 is 1. The van der Waals surface area contributed by atoms with Crippen molar-refractivity contribution in [2.45, 2.75) is 6.54 Å². The molecule has 0 fully saturated rings. The minimum absolute atomic E-state index is 0.175. The van der Waals surface area contributed by atoms with Crippen molar-refractivity contribution in [1.82, 2.24) is 0 Å². The fourth-order valence-electron chi connectivity index (χ4n) is 1.67. The van der Waals surface area contributed by atoms with Gasteiger partial charge in [0.1, 0.15) is 5.82 Å². The van der Waals surface area contributed by atoms with E-state index in [1.807, 2.05) is 0 Å². The normalized spacial score (nSPS) is 10.3. The van der Waals surface area contributed by atoms with Crippen LogP contribution >= 0.6 is 15.9 Å². The van der Waals surface area contributed by atoms with Crippen molar-refractivity contribution in [3.63, 3.8) is 0 Å². The second kappa shape index (κ2) is 6.02. The molecule has 2 aromatic carbocycles. The van der Waals surface area contributed by atoms with Gasteiger partial charge in [0.25, 0.3) is 0 Å². The molecule has 2 aromatic rings. The van der Waals surface area contributed by atoms with E-state index in [1.54, 1.807) is 30.3 Å². The third kappa shape index (κ3) is 3.23. The topological polar surface area (TPSA) is 21.3 Å². The number of hydrogen-bond acceptors (Lipinski definition) is 2. The van der Waals surface area contributed by atoms with Crippen molar-refractivity contribution in [3.05, 3.63) is 58.1 Å². The maximum atomic E-state index is 13.9. The summed E-state index contributed by atoms with van der Waals surface area (Å²) in [6, 6.07) is 9.41. The number of anilines is 1. The Bertz CT molecular complexity index is 590. The fraction of sp³-hybridized carbons (Fsp3) is 0.143. The van der Waals surface area contributed by atoms with E-state index in [-0.39, 0.29) is 18.1 Å². The highest BCUT2D eigenvalue weighted by Crippen LogP contribution is 2.23. The summed E-state index contributed by atoms with van der Waals surface area (Å²) in [4.78, 5) is 0. The molecule has 0 aliphatic rings. The van der Waals surface area contributed by atoms with Gasteiger partial charge >= 0.3 is 0 Å². The Morgan fingerprint density at radius 2 is 2.00 bits per heavy atom. The Morgan fingerprint density at radius 3 is 2.74 bits per heavy atom. The third-order valence-electron chi connectivity index (χ3n) is 2.66. The number of nitrogens with one attached hydrogen (secondary N) is 1. The Morgan fingerprint density at radius 1 is 1.21 bits per heavy atom. The maximum absolute atomic E-state index is 13.9. The Kier molecular flexibility index (Phi) is 4.37. The Balaban J connectivity index is 2.17. The van der Waals surface area contributed by atoms with Crippen LogP contribution in [0.2, 0.25) is 0 Å². The standard InChI is InChI=1S/C14H12BrF2NO/c1-19-13-4-2-3-9(14(13)17)8-18-12-7-10(15)5-6-11(12)16/h2-7,18H,8H2,1H3. The highest BCUT2D eigenvalue weighted by molar-refractivity contribution is 9.10. The van der Waals surface area contributed by atoms with E-state index in [1.165, 1.54) is 13.2 Å². The molecule has 2 rings (SSSR count). The molecule has 0 unspecified atom stereocenters. The molecular weight excluding hydrogens is 316 g/mol. The lowest BCUT2D eigenvalue weighted by Gasteiger charge is -2.10. The zero-order valence-corrected chi connectivity index (χ0v) is 11.8. The van der Waals surface area contributed by atoms with Crippen LogP contribution in [0.1, 0.15) is 5.56 Å². The smallest absolute Gasteiger partial charge is 0.170 e. The second-order valence-electron chi connectivity index (χ2n) is 3.91. The van der Waals surface area contributed by atoms with Crippen LogP contribution in [0, 0.1) is 11.6 Å². The lowest BCUT2D eigenvalue weighted by atomic mass is 10.2. The van der Waals surface area contributed by atoms with Crippen molar-refractivity contribution in [2.24, 2.45) is 0 Å². The fourth-order valence-corrected chi connectivity index (χ4v) is 2.03. The maximum Gasteiger partial charge on any atom is 0.170 e. The van der Waals surface area contributed by atoms with Gasteiger partial charge in [-0.1, -0.05) is 28.1 Å². The zero-order chi connectivity index (χ0) is 13.8. The van der Waals surface area contributed by atoms with Crippen molar-refractivity contribution < 1.29 is 13.5 Å². The van der Waals surface area contributed by atoms with Crippen molar-refractivity contribution >= 4 is 21.6 Å². The lowest BCUT2D eigenvalue weighted by Crippen LogP contribution is -2.04. The van der Waals surface area contributed by atoms with Crippen molar-refractivity contribution in [1.29, 1.82) is 0 Å². The summed E-state index contributed by atoms with van der Waals surface area (Å²) in [5.74, 6) is -0.645. The Labute approximate surface area is 118 Å². The third-order valence-corrected chi connectivity index (χ3v) is 3.15. The summed E-state index contributed by atoms with van der Waals surface area (Å²) in [6.45, 7) is 0.177. The summed E-state index contributed by atoms with van der Waals surface area (Å²) in [7, 11) is 1.41. The monoisotopic (exact) mass is 327 g/mol. The molecule has 0 spiro atoms. The van der Waals surface area contributed by atoms with E-state index in [2.05, 4.69) is 21.2 Å². The summed E-state index contributed by atoms with van der Waals surface area (Å²) in [5, 5.41) is 2.86. The molecule has 0 saturated heterocycles. The average molecular weight is 328 g/mol. The van der Waals surface area contributed by atoms with Crippen LogP contribution in [-0.4, -0.2) is 7.11 Å². The summed E-state index contributed by atoms with van der Waals surface area (Å²) < 4.78 is 33.1. The number of benzene rings is 2. The first-order valence-electron chi connectivity index (χ1n) is 5.62. The van der Waals surface area contributed by atoms with Gasteiger partial charge in [-0.25, -0.2) is 8.78 Å². The number of halogens is 3. The predicted octanol–water partition coefficient (Wildman–Crippen LogP) is 4.35. The van der Waals surface area contributed by atoms with E-state index < -0.39 is 5.82 Å². The molecular formula is C14H12BrF2NO. The molecule has 0 bridgehead atoms. The van der Waals surface area contributed by atoms with Gasteiger partial charge in [0.15, 0.2) is 11.6 Å². The first-order valence-corrected chi connectivity index (χ1v) is 6.41. The molecule has 0 amide bonds. The van der Waals surface area contributed by atoms with Crippen LogP contribution in [0.25, 0.3) is 0 Å².